The molecule has 0 aliphatic heterocycles. The van der Waals surface area contributed by atoms with Crippen LogP contribution in [-0.4, -0.2) is 22.1 Å². The first kappa shape index (κ1) is 17.8. The van der Waals surface area contributed by atoms with Crippen LogP contribution in [0.15, 0.2) is 24.3 Å². The van der Waals surface area contributed by atoms with E-state index in [-0.39, 0.29) is 24.2 Å². The smallest absolute Gasteiger partial charge is 0.243 e. The Hall–Kier alpha value is -1.21. The van der Waals surface area contributed by atoms with Crippen molar-refractivity contribution in [2.75, 3.05) is 5.32 Å². The van der Waals surface area contributed by atoms with Crippen LogP contribution in [0.3, 0.4) is 0 Å². The fourth-order valence-corrected chi connectivity index (χ4v) is 2.44. The van der Waals surface area contributed by atoms with Gasteiger partial charge >= 0.3 is 0 Å². The maximum absolute atomic E-state index is 11.8. The van der Waals surface area contributed by atoms with E-state index in [2.05, 4.69) is 15.5 Å². The first-order valence-electron chi connectivity index (χ1n) is 6.13. The van der Waals surface area contributed by atoms with Crippen LogP contribution in [0.4, 0.5) is 5.13 Å². The third kappa shape index (κ3) is 4.64. The summed E-state index contributed by atoms with van der Waals surface area (Å²) in [5, 5.41) is 12.4. The van der Waals surface area contributed by atoms with Crippen LogP contribution >= 0.6 is 35.3 Å². The molecule has 1 amide bonds. The molecule has 0 aliphatic carbocycles. The number of hydrogen-bond acceptors (Lipinski definition) is 5. The van der Waals surface area contributed by atoms with Gasteiger partial charge in [0.05, 0.1) is 6.04 Å². The summed E-state index contributed by atoms with van der Waals surface area (Å²) in [4.78, 5) is 11.8. The second kappa shape index (κ2) is 7.70. The number of carbonyl (C=O) groups excluding carboxylic acids is 1. The normalized spacial score (nSPS) is 11.9. The molecular formula is C13H16Cl2N4OS. The number of nitrogens with one attached hydrogen (secondary N) is 1. The van der Waals surface area contributed by atoms with Gasteiger partial charge in [0.1, 0.15) is 5.01 Å². The average Bonchev–Trinajstić information content (AvgIpc) is 2.86. The summed E-state index contributed by atoms with van der Waals surface area (Å²) in [6.45, 7) is 3.78. The van der Waals surface area contributed by atoms with E-state index in [1.165, 1.54) is 11.3 Å². The van der Waals surface area contributed by atoms with E-state index in [1.54, 1.807) is 12.1 Å². The molecule has 0 saturated carbocycles. The SMILES string of the molecule is CC(C)[C@H](N)C(=O)Nc1nnc(-c2cccc(Cl)c2)s1.Cl. The molecule has 114 valence electrons. The van der Waals surface area contributed by atoms with Gasteiger partial charge in [-0.15, -0.1) is 22.6 Å². The summed E-state index contributed by atoms with van der Waals surface area (Å²) in [6.07, 6.45) is 0. The molecule has 1 aromatic carbocycles. The lowest BCUT2D eigenvalue weighted by atomic mass is 10.1. The number of hydrogen-bond donors (Lipinski definition) is 2. The number of halogens is 2. The number of carbonyl (C=O) groups is 1. The van der Waals surface area contributed by atoms with E-state index >= 15 is 0 Å². The number of benzene rings is 1. The van der Waals surface area contributed by atoms with Crippen LogP contribution in [0.1, 0.15) is 13.8 Å². The molecule has 8 heteroatoms. The highest BCUT2D eigenvalue weighted by Crippen LogP contribution is 2.28. The van der Waals surface area contributed by atoms with Gasteiger partial charge < -0.3 is 5.73 Å². The molecule has 2 rings (SSSR count). The van der Waals surface area contributed by atoms with Gasteiger partial charge in [-0.25, -0.2) is 0 Å². The minimum Gasteiger partial charge on any atom is -0.320 e. The molecular weight excluding hydrogens is 331 g/mol. The van der Waals surface area contributed by atoms with Crippen molar-refractivity contribution in [2.45, 2.75) is 19.9 Å². The van der Waals surface area contributed by atoms with Gasteiger partial charge in [-0.05, 0) is 18.1 Å². The summed E-state index contributed by atoms with van der Waals surface area (Å²) in [5.74, 6) is -0.191. The van der Waals surface area contributed by atoms with Crippen LogP contribution < -0.4 is 11.1 Å². The number of anilines is 1. The Balaban J connectivity index is 0.00000220. The van der Waals surface area contributed by atoms with Crippen LogP contribution in [0.2, 0.25) is 5.02 Å². The number of amides is 1. The Morgan fingerprint density at radius 3 is 2.71 bits per heavy atom. The second-order valence-electron chi connectivity index (χ2n) is 4.68. The zero-order valence-corrected chi connectivity index (χ0v) is 13.9. The Kier molecular flexibility index (Phi) is 6.54. The van der Waals surface area contributed by atoms with E-state index in [0.29, 0.717) is 15.2 Å². The van der Waals surface area contributed by atoms with Gasteiger partial charge in [0.15, 0.2) is 0 Å². The number of rotatable bonds is 4. The third-order valence-corrected chi connectivity index (χ3v) is 3.87. The predicted molar refractivity (Wildman–Crippen MR) is 89.0 cm³/mol. The maximum atomic E-state index is 11.8. The lowest BCUT2D eigenvalue weighted by Gasteiger charge is -2.13. The van der Waals surface area contributed by atoms with E-state index in [1.807, 2.05) is 26.0 Å². The van der Waals surface area contributed by atoms with Gasteiger partial charge in [0.2, 0.25) is 11.0 Å². The highest BCUT2D eigenvalue weighted by atomic mass is 35.5. The monoisotopic (exact) mass is 346 g/mol. The molecule has 1 atom stereocenters. The van der Waals surface area contributed by atoms with Crippen molar-refractivity contribution in [2.24, 2.45) is 11.7 Å². The van der Waals surface area contributed by atoms with Crippen molar-refractivity contribution in [1.82, 2.24) is 10.2 Å². The van der Waals surface area contributed by atoms with Crippen molar-refractivity contribution in [3.63, 3.8) is 0 Å². The van der Waals surface area contributed by atoms with E-state index in [4.69, 9.17) is 17.3 Å². The van der Waals surface area contributed by atoms with Crippen molar-refractivity contribution in [1.29, 1.82) is 0 Å². The van der Waals surface area contributed by atoms with Crippen molar-refractivity contribution >= 4 is 46.4 Å². The zero-order chi connectivity index (χ0) is 14.7. The van der Waals surface area contributed by atoms with Gasteiger partial charge in [-0.3, -0.25) is 10.1 Å². The molecule has 1 aromatic heterocycles. The summed E-state index contributed by atoms with van der Waals surface area (Å²) < 4.78 is 0. The highest BCUT2D eigenvalue weighted by Gasteiger charge is 2.19. The first-order valence-corrected chi connectivity index (χ1v) is 7.32. The van der Waals surface area contributed by atoms with Gasteiger partial charge in [-0.1, -0.05) is 48.9 Å². The largest absolute Gasteiger partial charge is 0.320 e. The minimum absolute atomic E-state index is 0. The van der Waals surface area contributed by atoms with Crippen LogP contribution in [0, 0.1) is 5.92 Å². The van der Waals surface area contributed by atoms with Crippen LogP contribution in [0.5, 0.6) is 0 Å². The van der Waals surface area contributed by atoms with Crippen LogP contribution in [0.25, 0.3) is 10.6 Å². The summed E-state index contributed by atoms with van der Waals surface area (Å²) in [6, 6.07) is 6.75. The number of nitrogens with two attached hydrogens (primary N) is 1. The minimum atomic E-state index is -0.562. The Bertz CT molecular complexity index is 618. The Morgan fingerprint density at radius 2 is 2.10 bits per heavy atom. The fraction of sp³-hybridized carbons (Fsp3) is 0.308. The van der Waals surface area contributed by atoms with Crippen LogP contribution in [-0.2, 0) is 4.79 Å². The molecule has 5 nitrogen and oxygen atoms in total. The van der Waals surface area contributed by atoms with E-state index in [9.17, 15) is 4.79 Å². The van der Waals surface area contributed by atoms with Crippen molar-refractivity contribution in [3.05, 3.63) is 29.3 Å². The maximum Gasteiger partial charge on any atom is 0.243 e. The molecule has 0 spiro atoms. The Labute approximate surface area is 138 Å². The summed E-state index contributed by atoms with van der Waals surface area (Å²) in [5.41, 5.74) is 6.64. The van der Waals surface area contributed by atoms with Crippen molar-refractivity contribution < 1.29 is 4.79 Å². The van der Waals surface area contributed by atoms with Gasteiger partial charge in [-0.2, -0.15) is 0 Å². The Morgan fingerprint density at radius 1 is 1.38 bits per heavy atom. The van der Waals surface area contributed by atoms with Gasteiger partial charge in [0, 0.05) is 10.6 Å². The summed E-state index contributed by atoms with van der Waals surface area (Å²) in [7, 11) is 0. The molecule has 2 aromatic rings. The fourth-order valence-electron chi connectivity index (χ4n) is 1.50. The van der Waals surface area contributed by atoms with Crippen molar-refractivity contribution in [3.8, 4) is 10.6 Å². The highest BCUT2D eigenvalue weighted by molar-refractivity contribution is 7.18. The molecule has 0 unspecified atom stereocenters. The quantitative estimate of drug-likeness (QED) is 0.890. The second-order valence-corrected chi connectivity index (χ2v) is 6.10. The average molecular weight is 347 g/mol. The topological polar surface area (TPSA) is 80.9 Å². The predicted octanol–water partition coefficient (Wildman–Crippen LogP) is 3.20. The standard InChI is InChI=1S/C13H15ClN4OS.ClH/c1-7(2)10(15)11(19)16-13-18-17-12(20-13)8-4-3-5-9(14)6-8;/h3-7,10H,15H2,1-2H3,(H,16,18,19);1H/t10-;/m0./s1. The lowest BCUT2D eigenvalue weighted by Crippen LogP contribution is -2.39. The zero-order valence-electron chi connectivity index (χ0n) is 11.5. The molecule has 0 bridgehead atoms. The van der Waals surface area contributed by atoms with E-state index < -0.39 is 6.04 Å². The molecule has 1 heterocycles. The third-order valence-electron chi connectivity index (χ3n) is 2.75. The molecule has 0 radical (unpaired) electrons. The molecule has 21 heavy (non-hydrogen) atoms. The molecule has 0 fully saturated rings. The first-order chi connectivity index (χ1) is 9.47. The molecule has 0 aliphatic rings. The van der Waals surface area contributed by atoms with Gasteiger partial charge in [0.25, 0.3) is 0 Å². The molecule has 0 saturated heterocycles. The number of aromatic nitrogens is 2. The molecule has 3 N–H and O–H groups in total. The van der Waals surface area contributed by atoms with E-state index in [0.717, 1.165) is 5.56 Å². The number of nitrogens with zero attached hydrogens (tertiary/aromatic N) is 2. The summed E-state index contributed by atoms with van der Waals surface area (Å²) >= 11 is 7.22. The lowest BCUT2D eigenvalue weighted by molar-refractivity contribution is -0.118.